The zero-order chi connectivity index (χ0) is 16.9. The maximum Gasteiger partial charge on any atom is 0.308 e. The van der Waals surface area contributed by atoms with E-state index in [1.807, 2.05) is 0 Å². The van der Waals surface area contributed by atoms with E-state index < -0.39 is 23.8 Å². The number of hydrogen-bond donors (Lipinski definition) is 0. The Kier molecular flexibility index (Phi) is 5.80. The van der Waals surface area contributed by atoms with Crippen molar-refractivity contribution in [2.24, 2.45) is 0 Å². The molecule has 2 amide bonds. The molecule has 0 aromatic heterocycles. The molecule has 7 nitrogen and oxygen atoms in total. The summed E-state index contributed by atoms with van der Waals surface area (Å²) in [5.74, 6) is -2.14. The van der Waals surface area contributed by atoms with Crippen molar-refractivity contribution in [3.63, 3.8) is 0 Å². The minimum atomic E-state index is -0.639. The van der Waals surface area contributed by atoms with Crippen LogP contribution in [0.25, 0.3) is 0 Å². The Labute approximate surface area is 127 Å². The van der Waals surface area contributed by atoms with Crippen LogP contribution in [0.3, 0.4) is 0 Å². The summed E-state index contributed by atoms with van der Waals surface area (Å²) in [6.45, 7) is 5.46. The molecule has 1 aromatic carbocycles. The van der Waals surface area contributed by atoms with Crippen LogP contribution in [0.15, 0.2) is 18.2 Å². The highest BCUT2D eigenvalue weighted by atomic mass is 16.5. The van der Waals surface area contributed by atoms with Gasteiger partial charge in [-0.25, -0.2) is 0 Å². The fraction of sp³-hybridized carbons (Fsp3) is 0.333. The first-order chi connectivity index (χ1) is 10.3. The molecular formula is C15H17NO6. The van der Waals surface area contributed by atoms with Crippen molar-refractivity contribution in [1.29, 1.82) is 0 Å². The van der Waals surface area contributed by atoms with Gasteiger partial charge in [-0.1, -0.05) is 0 Å². The molecule has 0 saturated carbocycles. The minimum absolute atomic E-state index is 0.00639. The summed E-state index contributed by atoms with van der Waals surface area (Å²) in [4.78, 5) is 47.0. The number of rotatable bonds is 4. The third-order valence-electron chi connectivity index (χ3n) is 2.64. The third-order valence-corrected chi connectivity index (χ3v) is 2.64. The molecule has 0 heterocycles. The lowest BCUT2D eigenvalue weighted by molar-refractivity contribution is -0.133. The Morgan fingerprint density at radius 1 is 1.00 bits per heavy atom. The molecule has 0 radical (unpaired) electrons. The van der Waals surface area contributed by atoms with Crippen molar-refractivity contribution in [2.75, 3.05) is 6.54 Å². The highest BCUT2D eigenvalue weighted by Crippen LogP contribution is 2.26. The van der Waals surface area contributed by atoms with Crippen LogP contribution in [0, 0.1) is 0 Å². The van der Waals surface area contributed by atoms with Gasteiger partial charge in [-0.15, -0.1) is 0 Å². The molecular weight excluding hydrogens is 290 g/mol. The fourth-order valence-corrected chi connectivity index (χ4v) is 1.80. The number of esters is 2. The summed E-state index contributed by atoms with van der Waals surface area (Å²) in [5, 5.41) is 0. The maximum atomic E-state index is 12.4. The Morgan fingerprint density at radius 2 is 1.59 bits per heavy atom. The molecule has 0 aliphatic rings. The summed E-state index contributed by atoms with van der Waals surface area (Å²) in [5.41, 5.74) is -0.0361. The van der Waals surface area contributed by atoms with Gasteiger partial charge in [0.1, 0.15) is 11.5 Å². The Morgan fingerprint density at radius 3 is 2.05 bits per heavy atom. The van der Waals surface area contributed by atoms with Crippen LogP contribution in [0.5, 0.6) is 11.5 Å². The van der Waals surface area contributed by atoms with Gasteiger partial charge >= 0.3 is 11.9 Å². The van der Waals surface area contributed by atoms with Gasteiger partial charge in [0.25, 0.3) is 5.91 Å². The summed E-state index contributed by atoms with van der Waals surface area (Å²) < 4.78 is 9.87. The molecule has 0 bridgehead atoms. The monoisotopic (exact) mass is 307 g/mol. The standard InChI is InChI=1S/C15H17NO6/c1-5-16(9(2)17)15(20)13-8-12(21-10(3)18)6-7-14(13)22-11(4)19/h6-8H,5H2,1-4H3. The quantitative estimate of drug-likeness (QED) is 0.619. The lowest BCUT2D eigenvalue weighted by atomic mass is 10.1. The average molecular weight is 307 g/mol. The van der Waals surface area contributed by atoms with Crippen LogP contribution in [-0.4, -0.2) is 35.2 Å². The number of carbonyl (C=O) groups is 4. The van der Waals surface area contributed by atoms with Crippen molar-refractivity contribution in [2.45, 2.75) is 27.7 Å². The van der Waals surface area contributed by atoms with Crippen LogP contribution in [0.1, 0.15) is 38.1 Å². The lowest BCUT2D eigenvalue weighted by Gasteiger charge is -2.18. The van der Waals surface area contributed by atoms with E-state index >= 15 is 0 Å². The number of carbonyl (C=O) groups excluding carboxylic acids is 4. The molecule has 0 unspecified atom stereocenters. The summed E-state index contributed by atoms with van der Waals surface area (Å²) in [6, 6.07) is 3.98. The normalized spacial score (nSPS) is 9.82. The highest BCUT2D eigenvalue weighted by molar-refractivity contribution is 6.06. The minimum Gasteiger partial charge on any atom is -0.427 e. The average Bonchev–Trinajstić information content (AvgIpc) is 2.39. The van der Waals surface area contributed by atoms with Gasteiger partial charge in [-0.05, 0) is 25.1 Å². The first-order valence-corrected chi connectivity index (χ1v) is 6.59. The number of ether oxygens (including phenoxy) is 2. The van der Waals surface area contributed by atoms with Crippen LogP contribution in [-0.2, 0) is 14.4 Å². The SMILES string of the molecule is CCN(C(C)=O)C(=O)c1cc(OC(C)=O)ccc1OC(C)=O. The molecule has 7 heteroatoms. The molecule has 0 fully saturated rings. The Hall–Kier alpha value is -2.70. The highest BCUT2D eigenvalue weighted by Gasteiger charge is 2.23. The molecule has 0 saturated heterocycles. The molecule has 0 spiro atoms. The van der Waals surface area contributed by atoms with Crippen molar-refractivity contribution in [3.8, 4) is 11.5 Å². The molecule has 0 atom stereocenters. The van der Waals surface area contributed by atoms with Crippen molar-refractivity contribution >= 4 is 23.8 Å². The predicted octanol–water partition coefficient (Wildman–Crippen LogP) is 1.55. The zero-order valence-electron chi connectivity index (χ0n) is 12.8. The lowest BCUT2D eigenvalue weighted by Crippen LogP contribution is -2.35. The predicted molar refractivity (Wildman–Crippen MR) is 76.5 cm³/mol. The molecule has 1 rings (SSSR count). The van der Waals surface area contributed by atoms with E-state index in [0.717, 1.165) is 4.90 Å². The summed E-state index contributed by atoms with van der Waals surface area (Å²) in [7, 11) is 0. The van der Waals surface area contributed by atoms with Gasteiger partial charge in [0.2, 0.25) is 5.91 Å². The first kappa shape index (κ1) is 17.4. The van der Waals surface area contributed by atoms with E-state index in [2.05, 4.69) is 0 Å². The Balaban J connectivity index is 3.31. The van der Waals surface area contributed by atoms with Crippen LogP contribution < -0.4 is 9.47 Å². The number of amides is 2. The van der Waals surface area contributed by atoms with E-state index in [9.17, 15) is 19.2 Å². The van der Waals surface area contributed by atoms with Crippen LogP contribution in [0.2, 0.25) is 0 Å². The molecule has 118 valence electrons. The molecule has 1 aromatic rings. The van der Waals surface area contributed by atoms with E-state index in [1.165, 1.54) is 39.0 Å². The Bertz CT molecular complexity index is 622. The maximum absolute atomic E-state index is 12.4. The van der Waals surface area contributed by atoms with Gasteiger partial charge < -0.3 is 9.47 Å². The van der Waals surface area contributed by atoms with Gasteiger partial charge in [0.05, 0.1) is 5.56 Å². The van der Waals surface area contributed by atoms with E-state index in [-0.39, 0.29) is 23.6 Å². The molecule has 22 heavy (non-hydrogen) atoms. The molecule has 0 aliphatic heterocycles. The second-order valence-corrected chi connectivity index (χ2v) is 4.41. The van der Waals surface area contributed by atoms with Gasteiger partial charge in [0.15, 0.2) is 0 Å². The number of hydrogen-bond acceptors (Lipinski definition) is 6. The summed E-state index contributed by atoms with van der Waals surface area (Å²) >= 11 is 0. The van der Waals surface area contributed by atoms with E-state index in [4.69, 9.17) is 9.47 Å². The fourth-order valence-electron chi connectivity index (χ4n) is 1.80. The number of imide groups is 1. The van der Waals surface area contributed by atoms with E-state index in [0.29, 0.717) is 0 Å². The molecule has 0 N–H and O–H groups in total. The second-order valence-electron chi connectivity index (χ2n) is 4.41. The van der Waals surface area contributed by atoms with Gasteiger partial charge in [-0.2, -0.15) is 0 Å². The van der Waals surface area contributed by atoms with E-state index in [1.54, 1.807) is 6.92 Å². The van der Waals surface area contributed by atoms with Crippen molar-refractivity contribution in [1.82, 2.24) is 4.90 Å². The molecule has 0 aliphatic carbocycles. The van der Waals surface area contributed by atoms with Crippen LogP contribution in [0.4, 0.5) is 0 Å². The topological polar surface area (TPSA) is 90.0 Å². The smallest absolute Gasteiger partial charge is 0.308 e. The van der Waals surface area contributed by atoms with Crippen molar-refractivity contribution < 1.29 is 28.7 Å². The number of nitrogens with zero attached hydrogens (tertiary/aromatic N) is 1. The third kappa shape index (κ3) is 4.41. The zero-order valence-corrected chi connectivity index (χ0v) is 12.8. The van der Waals surface area contributed by atoms with Crippen LogP contribution >= 0.6 is 0 Å². The largest absolute Gasteiger partial charge is 0.427 e. The number of benzene rings is 1. The van der Waals surface area contributed by atoms with Crippen molar-refractivity contribution in [3.05, 3.63) is 23.8 Å². The van der Waals surface area contributed by atoms with Gasteiger partial charge in [0, 0.05) is 27.3 Å². The second kappa shape index (κ2) is 7.35. The first-order valence-electron chi connectivity index (χ1n) is 6.59. The summed E-state index contributed by atoms with van der Waals surface area (Å²) in [6.07, 6.45) is 0. The van der Waals surface area contributed by atoms with Gasteiger partial charge in [-0.3, -0.25) is 24.1 Å².